The van der Waals surface area contributed by atoms with Crippen LogP contribution in [0, 0.1) is 6.92 Å². The summed E-state index contributed by atoms with van der Waals surface area (Å²) in [6.45, 7) is 3.88. The lowest BCUT2D eigenvalue weighted by atomic mass is 10.2. The van der Waals surface area contributed by atoms with Crippen molar-refractivity contribution in [2.45, 2.75) is 24.3 Å². The highest BCUT2D eigenvalue weighted by molar-refractivity contribution is 8.00. The summed E-state index contributed by atoms with van der Waals surface area (Å²) in [5.41, 5.74) is 2.74. The number of carbonyl (C=O) groups is 1. The molecule has 31 heavy (non-hydrogen) atoms. The number of methoxy groups -OCH3 is 1. The van der Waals surface area contributed by atoms with Crippen LogP contribution in [0.5, 0.6) is 5.75 Å². The van der Waals surface area contributed by atoms with Gasteiger partial charge in [0.25, 0.3) is 0 Å². The van der Waals surface area contributed by atoms with Gasteiger partial charge in [0.05, 0.1) is 22.9 Å². The molecule has 1 unspecified atom stereocenters. The number of nitrogens with one attached hydrogen (secondary N) is 1. The number of carbonyl (C=O) groups excluding carboxylic acids is 1. The second kappa shape index (κ2) is 9.36. The number of para-hydroxylation sites is 2. The fourth-order valence-corrected chi connectivity index (χ4v) is 4.59. The summed E-state index contributed by atoms with van der Waals surface area (Å²) in [7, 11) is 1.64. The fourth-order valence-electron chi connectivity index (χ4n) is 3.04. The second-order valence-corrected chi connectivity index (χ2v) is 9.16. The van der Waals surface area contributed by atoms with Gasteiger partial charge in [-0.1, -0.05) is 47.7 Å². The molecule has 0 fully saturated rings. The highest BCUT2D eigenvalue weighted by Gasteiger charge is 2.23. The van der Waals surface area contributed by atoms with Crippen LogP contribution in [0.2, 0.25) is 0 Å². The lowest BCUT2D eigenvalue weighted by Gasteiger charge is -2.15. The van der Waals surface area contributed by atoms with Crippen LogP contribution >= 0.6 is 23.1 Å². The number of aromatic nitrogens is 3. The van der Waals surface area contributed by atoms with Crippen molar-refractivity contribution >= 4 is 34.7 Å². The summed E-state index contributed by atoms with van der Waals surface area (Å²) in [5.74, 6) is 1.33. The molecule has 2 heterocycles. The topological polar surface area (TPSA) is 69.0 Å². The molecule has 0 aliphatic rings. The first kappa shape index (κ1) is 21.1. The van der Waals surface area contributed by atoms with Crippen molar-refractivity contribution < 1.29 is 9.53 Å². The van der Waals surface area contributed by atoms with E-state index in [4.69, 9.17) is 4.74 Å². The van der Waals surface area contributed by atoms with Crippen molar-refractivity contribution in [1.29, 1.82) is 0 Å². The predicted octanol–water partition coefficient (Wildman–Crippen LogP) is 5.43. The maximum absolute atomic E-state index is 12.8. The molecule has 4 aromatic rings. The predicted molar refractivity (Wildman–Crippen MR) is 126 cm³/mol. The van der Waals surface area contributed by atoms with Gasteiger partial charge >= 0.3 is 0 Å². The van der Waals surface area contributed by atoms with E-state index in [1.165, 1.54) is 11.8 Å². The van der Waals surface area contributed by atoms with Gasteiger partial charge in [-0.15, -0.1) is 21.5 Å². The Morgan fingerprint density at radius 1 is 1.10 bits per heavy atom. The Bertz CT molecular complexity index is 1170. The van der Waals surface area contributed by atoms with Gasteiger partial charge in [0.15, 0.2) is 11.0 Å². The molecular formula is C23H22N4O2S2. The Balaban J connectivity index is 1.65. The summed E-state index contributed by atoms with van der Waals surface area (Å²) in [5, 5.41) is 14.1. The minimum atomic E-state index is -0.379. The van der Waals surface area contributed by atoms with Gasteiger partial charge in [0, 0.05) is 5.69 Å². The maximum Gasteiger partial charge on any atom is 0.237 e. The molecule has 2 aromatic heterocycles. The lowest BCUT2D eigenvalue weighted by Crippen LogP contribution is -2.22. The van der Waals surface area contributed by atoms with E-state index in [9.17, 15) is 4.79 Å². The number of benzene rings is 2. The summed E-state index contributed by atoms with van der Waals surface area (Å²) in [6, 6.07) is 19.4. The van der Waals surface area contributed by atoms with E-state index >= 15 is 0 Å². The van der Waals surface area contributed by atoms with Crippen LogP contribution in [0.4, 0.5) is 5.69 Å². The summed E-state index contributed by atoms with van der Waals surface area (Å²) < 4.78 is 7.53. The van der Waals surface area contributed by atoms with E-state index in [0.717, 1.165) is 21.8 Å². The first-order chi connectivity index (χ1) is 15.1. The lowest BCUT2D eigenvalue weighted by molar-refractivity contribution is -0.115. The highest BCUT2D eigenvalue weighted by Crippen LogP contribution is 2.35. The average molecular weight is 451 g/mol. The maximum atomic E-state index is 12.8. The second-order valence-electron chi connectivity index (χ2n) is 6.91. The molecule has 6 nitrogen and oxygen atoms in total. The Hall–Kier alpha value is -3.10. The van der Waals surface area contributed by atoms with Crippen molar-refractivity contribution in [2.75, 3.05) is 12.4 Å². The van der Waals surface area contributed by atoms with Gasteiger partial charge in [-0.3, -0.25) is 9.36 Å². The van der Waals surface area contributed by atoms with E-state index < -0.39 is 0 Å². The number of aryl methyl sites for hydroxylation is 1. The minimum Gasteiger partial charge on any atom is -0.495 e. The fraction of sp³-hybridized carbons (Fsp3) is 0.174. The monoisotopic (exact) mass is 450 g/mol. The molecule has 0 bridgehead atoms. The van der Waals surface area contributed by atoms with E-state index in [-0.39, 0.29) is 11.2 Å². The third-order valence-corrected chi connectivity index (χ3v) is 6.58. The Morgan fingerprint density at radius 2 is 1.87 bits per heavy atom. The smallest absolute Gasteiger partial charge is 0.237 e. The molecule has 0 saturated carbocycles. The molecule has 1 N–H and O–H groups in total. The average Bonchev–Trinajstić information content (AvgIpc) is 3.45. The number of rotatable bonds is 7. The Kier molecular flexibility index (Phi) is 6.39. The van der Waals surface area contributed by atoms with Crippen molar-refractivity contribution in [1.82, 2.24) is 14.8 Å². The molecule has 1 atom stereocenters. The molecule has 0 aliphatic heterocycles. The summed E-state index contributed by atoms with van der Waals surface area (Å²) in [4.78, 5) is 13.8. The zero-order valence-electron chi connectivity index (χ0n) is 17.4. The number of thiophene rings is 1. The standard InChI is InChI=1S/C23H22N4O2S2/c1-15-10-12-17(13-11-15)24-22(28)16(2)31-23-26-25-21(20-9-6-14-30-20)27(23)18-7-4-5-8-19(18)29-3/h4-14,16H,1-3H3,(H,24,28). The number of ether oxygens (including phenoxy) is 1. The van der Waals surface area contributed by atoms with Crippen LogP contribution < -0.4 is 10.1 Å². The SMILES string of the molecule is COc1ccccc1-n1c(SC(C)C(=O)Nc2ccc(C)cc2)nnc1-c1cccs1. The largest absolute Gasteiger partial charge is 0.495 e. The molecule has 4 rings (SSSR count). The van der Waals surface area contributed by atoms with Gasteiger partial charge in [-0.05, 0) is 49.6 Å². The molecule has 158 valence electrons. The molecule has 0 radical (unpaired) electrons. The van der Waals surface area contributed by atoms with Crippen LogP contribution in [-0.2, 0) is 4.79 Å². The zero-order valence-corrected chi connectivity index (χ0v) is 19.0. The van der Waals surface area contributed by atoms with Gasteiger partial charge < -0.3 is 10.1 Å². The first-order valence-corrected chi connectivity index (χ1v) is 11.5. The van der Waals surface area contributed by atoms with Gasteiger partial charge in [-0.25, -0.2) is 0 Å². The Morgan fingerprint density at radius 3 is 2.58 bits per heavy atom. The third-order valence-electron chi connectivity index (χ3n) is 4.67. The van der Waals surface area contributed by atoms with Crippen molar-refractivity contribution in [3.05, 3.63) is 71.6 Å². The number of thioether (sulfide) groups is 1. The Labute approximate surface area is 189 Å². The van der Waals surface area contributed by atoms with Crippen molar-refractivity contribution in [3.8, 4) is 22.1 Å². The van der Waals surface area contributed by atoms with E-state index in [0.29, 0.717) is 16.7 Å². The van der Waals surface area contributed by atoms with E-state index in [1.807, 2.05) is 84.5 Å². The van der Waals surface area contributed by atoms with Gasteiger partial charge in [0.2, 0.25) is 5.91 Å². The van der Waals surface area contributed by atoms with Crippen molar-refractivity contribution in [3.63, 3.8) is 0 Å². The third kappa shape index (κ3) is 4.65. The van der Waals surface area contributed by atoms with Crippen LogP contribution in [0.25, 0.3) is 16.4 Å². The molecule has 8 heteroatoms. The number of anilines is 1. The van der Waals surface area contributed by atoms with Gasteiger partial charge in [-0.2, -0.15) is 0 Å². The molecule has 0 saturated heterocycles. The van der Waals surface area contributed by atoms with Crippen LogP contribution in [-0.4, -0.2) is 33.0 Å². The zero-order chi connectivity index (χ0) is 21.8. The van der Waals surface area contributed by atoms with Gasteiger partial charge in [0.1, 0.15) is 5.75 Å². The summed E-state index contributed by atoms with van der Waals surface area (Å²) in [6.07, 6.45) is 0. The van der Waals surface area contributed by atoms with E-state index in [2.05, 4.69) is 15.5 Å². The van der Waals surface area contributed by atoms with E-state index in [1.54, 1.807) is 18.4 Å². The molecule has 0 aliphatic carbocycles. The molecule has 2 aromatic carbocycles. The van der Waals surface area contributed by atoms with Crippen molar-refractivity contribution in [2.24, 2.45) is 0 Å². The number of hydrogen-bond acceptors (Lipinski definition) is 6. The normalized spacial score (nSPS) is 11.8. The first-order valence-electron chi connectivity index (χ1n) is 9.73. The molecule has 1 amide bonds. The molecule has 0 spiro atoms. The quantitative estimate of drug-likeness (QED) is 0.380. The number of amides is 1. The minimum absolute atomic E-state index is 0.0962. The van der Waals surface area contributed by atoms with Crippen LogP contribution in [0.15, 0.2) is 71.2 Å². The van der Waals surface area contributed by atoms with Crippen LogP contribution in [0.3, 0.4) is 0 Å². The summed E-state index contributed by atoms with van der Waals surface area (Å²) >= 11 is 2.95. The molecular weight excluding hydrogens is 428 g/mol. The highest BCUT2D eigenvalue weighted by atomic mass is 32.2. The number of nitrogens with zero attached hydrogens (tertiary/aromatic N) is 3. The van der Waals surface area contributed by atoms with Crippen LogP contribution in [0.1, 0.15) is 12.5 Å². The number of hydrogen-bond donors (Lipinski definition) is 1.